The molecule has 10 nitrogen and oxygen atoms in total. The molecule has 0 aliphatic carbocycles. The zero-order valence-corrected chi connectivity index (χ0v) is 18.4. The summed E-state index contributed by atoms with van der Waals surface area (Å²) in [7, 11) is 4.40. The van der Waals surface area contributed by atoms with Gasteiger partial charge < -0.3 is 29.4 Å². The summed E-state index contributed by atoms with van der Waals surface area (Å²) in [4.78, 5) is 28.7. The van der Waals surface area contributed by atoms with Crippen LogP contribution in [0, 0.1) is 0 Å². The van der Waals surface area contributed by atoms with Crippen molar-refractivity contribution in [3.05, 3.63) is 52.9 Å². The molecule has 168 valence electrons. The van der Waals surface area contributed by atoms with Gasteiger partial charge in [-0.15, -0.1) is 0 Å². The first-order valence-electron chi connectivity index (χ1n) is 9.43. The molecule has 0 saturated carbocycles. The molecule has 0 fully saturated rings. The number of hydrogen-bond acceptors (Lipinski definition) is 8. The van der Waals surface area contributed by atoms with E-state index in [1.165, 1.54) is 33.5 Å². The van der Waals surface area contributed by atoms with Crippen molar-refractivity contribution in [3.63, 3.8) is 0 Å². The van der Waals surface area contributed by atoms with Crippen LogP contribution >= 0.6 is 11.6 Å². The lowest BCUT2D eigenvalue weighted by Crippen LogP contribution is -2.34. The highest BCUT2D eigenvalue weighted by Gasteiger charge is 2.18. The quantitative estimate of drug-likeness (QED) is 0.467. The van der Waals surface area contributed by atoms with Crippen LogP contribution in [0.1, 0.15) is 21.0 Å². The van der Waals surface area contributed by atoms with Crippen LogP contribution in [0.3, 0.4) is 0 Å². The second kappa shape index (κ2) is 10.5. The minimum absolute atomic E-state index is 0.143. The molecule has 32 heavy (non-hydrogen) atoms. The Morgan fingerprint density at radius 2 is 1.62 bits per heavy atom. The van der Waals surface area contributed by atoms with Gasteiger partial charge in [0.2, 0.25) is 11.6 Å². The van der Waals surface area contributed by atoms with E-state index in [9.17, 15) is 9.59 Å². The molecule has 0 radical (unpaired) electrons. The van der Waals surface area contributed by atoms with Crippen molar-refractivity contribution >= 4 is 23.4 Å². The molecule has 0 bridgehead atoms. The number of nitrogens with zero attached hydrogens (tertiary/aromatic N) is 2. The molecule has 3 aromatic rings. The van der Waals surface area contributed by atoms with E-state index in [1.807, 2.05) is 0 Å². The number of amides is 2. The standard InChI is InChI=1S/C21H21ClN4O6/c1-29-15-10-13(11-16(30-2)17(15)31-3)19(27)23-7-8-24-20(28)21-25-18(26-32-21)12-5-4-6-14(22)9-12/h4-6,9-11H,7-8H2,1-3H3,(H,23,27)(H,24,28). The molecular formula is C21H21ClN4O6. The maximum atomic E-state index is 12.5. The predicted octanol–water partition coefficient (Wildman–Crippen LogP) is 2.58. The molecule has 0 aliphatic heterocycles. The smallest absolute Gasteiger partial charge is 0.316 e. The summed E-state index contributed by atoms with van der Waals surface area (Å²) in [6.45, 7) is 0.306. The van der Waals surface area contributed by atoms with Crippen molar-refractivity contribution in [2.45, 2.75) is 0 Å². The molecule has 2 amide bonds. The third-order valence-corrected chi connectivity index (χ3v) is 4.56. The Morgan fingerprint density at radius 1 is 0.969 bits per heavy atom. The molecule has 1 heterocycles. The molecule has 0 spiro atoms. The van der Waals surface area contributed by atoms with Gasteiger partial charge in [0.1, 0.15) is 0 Å². The maximum Gasteiger partial charge on any atom is 0.316 e. The Bertz CT molecular complexity index is 1090. The first-order valence-corrected chi connectivity index (χ1v) is 9.80. The first kappa shape index (κ1) is 22.9. The summed E-state index contributed by atoms with van der Waals surface area (Å²) in [6.07, 6.45) is 0. The fourth-order valence-corrected chi connectivity index (χ4v) is 2.99. The minimum Gasteiger partial charge on any atom is -0.493 e. The van der Waals surface area contributed by atoms with Crippen LogP contribution in [0.4, 0.5) is 0 Å². The Balaban J connectivity index is 1.54. The number of halogens is 1. The Morgan fingerprint density at radius 3 is 2.22 bits per heavy atom. The van der Waals surface area contributed by atoms with Gasteiger partial charge >= 0.3 is 11.8 Å². The average molecular weight is 461 g/mol. The lowest BCUT2D eigenvalue weighted by atomic mass is 10.1. The van der Waals surface area contributed by atoms with E-state index in [0.717, 1.165) is 0 Å². The lowest BCUT2D eigenvalue weighted by Gasteiger charge is -2.14. The average Bonchev–Trinajstić information content (AvgIpc) is 3.31. The van der Waals surface area contributed by atoms with Crippen LogP contribution in [-0.2, 0) is 0 Å². The number of nitrogens with one attached hydrogen (secondary N) is 2. The van der Waals surface area contributed by atoms with Crippen LogP contribution in [0.15, 0.2) is 40.9 Å². The van der Waals surface area contributed by atoms with E-state index in [1.54, 1.807) is 24.3 Å². The highest BCUT2D eigenvalue weighted by atomic mass is 35.5. The molecule has 3 rings (SSSR count). The molecule has 1 aromatic heterocycles. The summed E-state index contributed by atoms with van der Waals surface area (Å²) < 4.78 is 20.7. The summed E-state index contributed by atoms with van der Waals surface area (Å²) in [5.41, 5.74) is 0.937. The normalized spacial score (nSPS) is 10.4. The summed E-state index contributed by atoms with van der Waals surface area (Å²) >= 11 is 5.95. The van der Waals surface area contributed by atoms with E-state index in [2.05, 4.69) is 20.8 Å². The van der Waals surface area contributed by atoms with Crippen LogP contribution < -0.4 is 24.8 Å². The fraction of sp³-hybridized carbons (Fsp3) is 0.238. The van der Waals surface area contributed by atoms with Crippen molar-refractivity contribution in [3.8, 4) is 28.6 Å². The van der Waals surface area contributed by atoms with Gasteiger partial charge in [0, 0.05) is 29.2 Å². The fourth-order valence-electron chi connectivity index (χ4n) is 2.80. The van der Waals surface area contributed by atoms with Gasteiger partial charge in [0.15, 0.2) is 11.5 Å². The number of rotatable bonds is 9. The molecule has 0 unspecified atom stereocenters. The number of benzene rings is 2. The molecule has 0 saturated heterocycles. The van der Waals surface area contributed by atoms with Crippen LogP contribution in [-0.4, -0.2) is 56.4 Å². The Kier molecular flexibility index (Phi) is 7.50. The largest absolute Gasteiger partial charge is 0.493 e. The zero-order chi connectivity index (χ0) is 23.1. The molecule has 0 aliphatic rings. The monoisotopic (exact) mass is 460 g/mol. The minimum atomic E-state index is -0.562. The van der Waals surface area contributed by atoms with E-state index in [4.69, 9.17) is 30.3 Å². The molecule has 11 heteroatoms. The second-order valence-electron chi connectivity index (χ2n) is 6.36. The Labute approximate surface area is 188 Å². The van der Waals surface area contributed by atoms with Crippen LogP contribution in [0.5, 0.6) is 17.2 Å². The maximum absolute atomic E-state index is 12.5. The van der Waals surface area contributed by atoms with E-state index >= 15 is 0 Å². The zero-order valence-electron chi connectivity index (χ0n) is 17.6. The first-order chi connectivity index (χ1) is 15.5. The summed E-state index contributed by atoms with van der Waals surface area (Å²) in [5.74, 6) is 0.210. The van der Waals surface area contributed by atoms with Crippen molar-refractivity contribution < 1.29 is 28.3 Å². The van der Waals surface area contributed by atoms with Gasteiger partial charge in [-0.05, 0) is 24.3 Å². The predicted molar refractivity (Wildman–Crippen MR) is 116 cm³/mol. The van der Waals surface area contributed by atoms with Crippen molar-refractivity contribution in [2.75, 3.05) is 34.4 Å². The van der Waals surface area contributed by atoms with Gasteiger partial charge in [-0.3, -0.25) is 9.59 Å². The van der Waals surface area contributed by atoms with Crippen molar-refractivity contribution in [1.29, 1.82) is 0 Å². The van der Waals surface area contributed by atoms with Gasteiger partial charge in [-0.2, -0.15) is 4.98 Å². The third-order valence-electron chi connectivity index (χ3n) is 4.33. The van der Waals surface area contributed by atoms with Crippen molar-refractivity contribution in [1.82, 2.24) is 20.8 Å². The molecular weight excluding hydrogens is 440 g/mol. The SMILES string of the molecule is COc1cc(C(=O)NCCNC(=O)c2nc(-c3cccc(Cl)c3)no2)cc(OC)c1OC. The summed E-state index contributed by atoms with van der Waals surface area (Å²) in [5, 5.41) is 9.59. The number of ether oxygens (including phenoxy) is 3. The molecule has 2 aromatic carbocycles. The van der Waals surface area contributed by atoms with Crippen LogP contribution in [0.2, 0.25) is 5.02 Å². The van der Waals surface area contributed by atoms with Gasteiger partial charge in [0.05, 0.1) is 21.3 Å². The number of methoxy groups -OCH3 is 3. The van der Waals surface area contributed by atoms with Gasteiger partial charge in [-0.1, -0.05) is 28.9 Å². The van der Waals surface area contributed by atoms with Gasteiger partial charge in [-0.25, -0.2) is 0 Å². The number of aromatic nitrogens is 2. The summed E-state index contributed by atoms with van der Waals surface area (Å²) in [6, 6.07) is 9.93. The topological polar surface area (TPSA) is 125 Å². The lowest BCUT2D eigenvalue weighted by molar-refractivity contribution is 0.0898. The highest BCUT2D eigenvalue weighted by Crippen LogP contribution is 2.38. The van der Waals surface area contributed by atoms with E-state index in [-0.39, 0.29) is 30.7 Å². The number of carbonyl (C=O) groups is 2. The van der Waals surface area contributed by atoms with Crippen molar-refractivity contribution in [2.24, 2.45) is 0 Å². The van der Waals surface area contributed by atoms with Gasteiger partial charge in [0.25, 0.3) is 5.91 Å². The second-order valence-corrected chi connectivity index (χ2v) is 6.80. The molecule has 0 atom stereocenters. The van der Waals surface area contributed by atoms with E-state index in [0.29, 0.717) is 33.4 Å². The van der Waals surface area contributed by atoms with E-state index < -0.39 is 5.91 Å². The highest BCUT2D eigenvalue weighted by molar-refractivity contribution is 6.30. The number of hydrogen-bond donors (Lipinski definition) is 2. The number of carbonyl (C=O) groups excluding carboxylic acids is 2. The third kappa shape index (κ3) is 5.27. The Hall–Kier alpha value is -3.79. The van der Waals surface area contributed by atoms with Crippen LogP contribution in [0.25, 0.3) is 11.4 Å². The molecule has 2 N–H and O–H groups in total.